The molecule has 1 fully saturated rings. The van der Waals surface area contributed by atoms with Crippen LogP contribution >= 0.6 is 0 Å². The van der Waals surface area contributed by atoms with Crippen molar-refractivity contribution >= 4 is 17.8 Å². The number of esters is 1. The topological polar surface area (TPSA) is 111 Å². The Labute approximate surface area is 185 Å². The molecule has 2 N–H and O–H groups in total. The van der Waals surface area contributed by atoms with Crippen LogP contribution in [-0.2, 0) is 23.8 Å². The molecule has 0 aromatic carbocycles. The molecule has 0 saturated heterocycles. The van der Waals surface area contributed by atoms with Gasteiger partial charge in [0.25, 0.3) is 0 Å². The van der Waals surface area contributed by atoms with E-state index in [9.17, 15) is 14.4 Å². The summed E-state index contributed by atoms with van der Waals surface area (Å²) in [5.41, 5.74) is 0. The molecule has 174 valence electrons. The Kier molecular flexibility index (Phi) is 10.7. The summed E-state index contributed by atoms with van der Waals surface area (Å²) >= 11 is 0. The SMILES string of the molecule is [2H]OCC(COCCCNC(=O)OCCC1[C@H]2CCC#CCC[C@@H]12)OC(=O)CCC(C)=O. The Balaban J connectivity index is 1.46. The summed E-state index contributed by atoms with van der Waals surface area (Å²) in [6.07, 6.45) is 4.76. The second kappa shape index (κ2) is 14.0. The van der Waals surface area contributed by atoms with Gasteiger partial charge in [-0.05, 0) is 50.4 Å². The van der Waals surface area contributed by atoms with Crippen LogP contribution in [0.25, 0.3) is 0 Å². The van der Waals surface area contributed by atoms with Crippen molar-refractivity contribution in [3.05, 3.63) is 0 Å². The number of ether oxygens (including phenoxy) is 3. The molecule has 1 saturated carbocycles. The zero-order chi connectivity index (χ0) is 23.2. The fraction of sp³-hybridized carbons (Fsp3) is 0.783. The van der Waals surface area contributed by atoms with Crippen LogP contribution in [0.5, 0.6) is 0 Å². The molecule has 2 aliphatic rings. The van der Waals surface area contributed by atoms with E-state index in [4.69, 9.17) is 15.6 Å². The standard InChI is InChI=1S/C23H35NO7/c1-17(26)9-10-22(27)31-18(15-25)16-29-13-6-12-24-23(28)30-14-11-21-19-7-4-2-3-5-8-20(19)21/h18-21,25H,4-16H2,1H3,(H,24,28)/t18?,19-,20+,21?/i25D. The number of alkyl carbamates (subject to hydrolysis) is 1. The first kappa shape index (κ1) is 23.6. The largest absolute Gasteiger partial charge is 0.457 e. The Hall–Kier alpha value is -2.11. The van der Waals surface area contributed by atoms with Crippen molar-refractivity contribution in [2.24, 2.45) is 17.8 Å². The molecule has 2 unspecified atom stereocenters. The Morgan fingerprint density at radius 1 is 1.16 bits per heavy atom. The smallest absolute Gasteiger partial charge is 0.407 e. The number of aliphatic hydroxyl groups excluding tert-OH is 1. The minimum atomic E-state index is -0.712. The van der Waals surface area contributed by atoms with Gasteiger partial charge in [-0.2, -0.15) is 0 Å². The normalized spacial score (nSPS) is 23.0. The van der Waals surface area contributed by atoms with Crippen LogP contribution in [0.15, 0.2) is 0 Å². The average Bonchev–Trinajstić information content (AvgIpc) is 3.37. The van der Waals surface area contributed by atoms with Crippen LogP contribution in [0.1, 0.15) is 58.3 Å². The van der Waals surface area contributed by atoms with E-state index in [1.807, 2.05) is 0 Å². The summed E-state index contributed by atoms with van der Waals surface area (Å²) in [5, 5.41) is 6.99. The molecule has 0 spiro atoms. The second-order valence-electron chi connectivity index (χ2n) is 8.18. The molecule has 0 aromatic rings. The van der Waals surface area contributed by atoms with E-state index in [1.54, 1.807) is 0 Å². The maximum absolute atomic E-state index is 11.8. The summed E-state index contributed by atoms with van der Waals surface area (Å²) in [4.78, 5) is 34.4. The van der Waals surface area contributed by atoms with Crippen LogP contribution in [0, 0.1) is 29.6 Å². The number of Topliss-reactive ketones (excluding diaryl/α,β-unsaturated/α-hetero) is 1. The monoisotopic (exact) mass is 438 g/mol. The van der Waals surface area contributed by atoms with Gasteiger partial charge in [-0.3, -0.25) is 4.79 Å². The number of carbonyl (C=O) groups is 3. The Bertz CT molecular complexity index is 657. The van der Waals surface area contributed by atoms with E-state index in [0.717, 1.165) is 31.1 Å². The lowest BCUT2D eigenvalue weighted by Crippen LogP contribution is -2.29. The van der Waals surface area contributed by atoms with E-state index >= 15 is 0 Å². The third-order valence-corrected chi connectivity index (χ3v) is 5.73. The molecule has 0 radical (unpaired) electrons. The predicted molar refractivity (Wildman–Crippen MR) is 113 cm³/mol. The average molecular weight is 439 g/mol. The molecule has 4 atom stereocenters. The second-order valence-corrected chi connectivity index (χ2v) is 8.18. The summed E-state index contributed by atoms with van der Waals surface area (Å²) in [5.74, 6) is 7.96. The van der Waals surface area contributed by atoms with Gasteiger partial charge in [0.05, 0.1) is 26.2 Å². The van der Waals surface area contributed by atoms with Gasteiger partial charge >= 0.3 is 12.1 Å². The number of nitrogens with one attached hydrogen (secondary N) is 1. The van der Waals surface area contributed by atoms with E-state index < -0.39 is 18.2 Å². The first-order valence-corrected chi connectivity index (χ1v) is 11.2. The van der Waals surface area contributed by atoms with Gasteiger partial charge in [-0.15, -0.1) is 11.8 Å². The third kappa shape index (κ3) is 10.2. The number of rotatable bonds is 15. The van der Waals surface area contributed by atoms with Crippen molar-refractivity contribution < 1.29 is 33.7 Å². The zero-order valence-electron chi connectivity index (χ0n) is 19.4. The fourth-order valence-corrected chi connectivity index (χ4v) is 4.02. The lowest BCUT2D eigenvalue weighted by molar-refractivity contribution is -0.155. The lowest BCUT2D eigenvalue weighted by Gasteiger charge is -2.15. The lowest BCUT2D eigenvalue weighted by atomic mass is 10.1. The summed E-state index contributed by atoms with van der Waals surface area (Å²) in [7, 11) is 0. The first-order chi connectivity index (χ1) is 15.5. The van der Waals surface area contributed by atoms with Gasteiger partial charge in [0.15, 0.2) is 0 Å². The zero-order valence-corrected chi connectivity index (χ0v) is 18.4. The molecule has 0 bridgehead atoms. The molecule has 8 nitrogen and oxygen atoms in total. The molecular weight excluding hydrogens is 402 g/mol. The highest BCUT2D eigenvalue weighted by atomic mass is 16.6. The van der Waals surface area contributed by atoms with E-state index in [0.29, 0.717) is 32.1 Å². The number of hydrogen-bond acceptors (Lipinski definition) is 7. The number of hydrogen-bond donors (Lipinski definition) is 2. The number of fused-ring (bicyclic) bond motifs is 1. The van der Waals surface area contributed by atoms with E-state index in [-0.39, 0.29) is 31.8 Å². The molecule has 0 aliphatic heterocycles. The van der Waals surface area contributed by atoms with E-state index in [2.05, 4.69) is 22.3 Å². The first-order valence-electron chi connectivity index (χ1n) is 11.6. The highest BCUT2D eigenvalue weighted by Crippen LogP contribution is 2.54. The van der Waals surface area contributed by atoms with Crippen molar-refractivity contribution in [2.75, 3.05) is 33.0 Å². The maximum atomic E-state index is 11.8. The van der Waals surface area contributed by atoms with Crippen LogP contribution in [0.4, 0.5) is 4.79 Å². The number of ketones is 1. The van der Waals surface area contributed by atoms with Crippen LogP contribution in [0.3, 0.4) is 0 Å². The van der Waals surface area contributed by atoms with Gasteiger partial charge in [0.1, 0.15) is 11.9 Å². The van der Waals surface area contributed by atoms with Gasteiger partial charge in [0, 0.05) is 32.4 Å². The molecule has 0 aromatic heterocycles. The Morgan fingerprint density at radius 3 is 2.58 bits per heavy atom. The van der Waals surface area contributed by atoms with Gasteiger partial charge in [0.2, 0.25) is 1.43 Å². The van der Waals surface area contributed by atoms with Gasteiger partial charge in [-0.25, -0.2) is 4.79 Å². The summed E-state index contributed by atoms with van der Waals surface area (Å²) in [6.45, 7) is 2.54. The highest BCUT2D eigenvalue weighted by molar-refractivity contribution is 5.81. The molecule has 0 heterocycles. The summed E-state index contributed by atoms with van der Waals surface area (Å²) in [6, 6.07) is 0. The van der Waals surface area contributed by atoms with Crippen molar-refractivity contribution in [3.8, 4) is 11.8 Å². The van der Waals surface area contributed by atoms with Gasteiger partial charge < -0.3 is 29.4 Å². The molecule has 2 aliphatic carbocycles. The third-order valence-electron chi connectivity index (χ3n) is 5.73. The predicted octanol–water partition coefficient (Wildman–Crippen LogP) is 2.22. The van der Waals surface area contributed by atoms with Crippen LogP contribution < -0.4 is 5.32 Å². The van der Waals surface area contributed by atoms with Gasteiger partial charge in [-0.1, -0.05) is 0 Å². The fourth-order valence-electron chi connectivity index (χ4n) is 4.02. The van der Waals surface area contributed by atoms with Crippen LogP contribution in [-0.4, -0.2) is 63.5 Å². The minimum absolute atomic E-state index is 0.00760. The summed E-state index contributed by atoms with van der Waals surface area (Å²) < 4.78 is 22.7. The van der Waals surface area contributed by atoms with Crippen molar-refractivity contribution in [2.45, 2.75) is 64.4 Å². The minimum Gasteiger partial charge on any atom is -0.457 e. The van der Waals surface area contributed by atoms with E-state index in [1.165, 1.54) is 19.8 Å². The number of aliphatic hydroxyl groups is 1. The number of carbonyl (C=O) groups excluding carboxylic acids is 3. The van der Waals surface area contributed by atoms with Crippen molar-refractivity contribution in [1.82, 2.24) is 5.32 Å². The molecule has 1 amide bonds. The quantitative estimate of drug-likeness (QED) is 0.229. The molecule has 2 rings (SSSR count). The molecular formula is C23H35NO7. The number of amides is 1. The van der Waals surface area contributed by atoms with Crippen molar-refractivity contribution in [1.29, 1.82) is 1.43 Å². The maximum Gasteiger partial charge on any atom is 0.407 e. The molecule has 8 heteroatoms. The highest BCUT2D eigenvalue weighted by Gasteiger charge is 2.48. The van der Waals surface area contributed by atoms with Crippen molar-refractivity contribution in [3.63, 3.8) is 0 Å². The van der Waals surface area contributed by atoms with Crippen LogP contribution in [0.2, 0.25) is 0 Å². The Morgan fingerprint density at radius 2 is 1.90 bits per heavy atom. The molecule has 31 heavy (non-hydrogen) atoms.